The summed E-state index contributed by atoms with van der Waals surface area (Å²) in [7, 11) is -3.26. The summed E-state index contributed by atoms with van der Waals surface area (Å²) in [6.07, 6.45) is 0. The van der Waals surface area contributed by atoms with E-state index in [2.05, 4.69) is 5.32 Å². The van der Waals surface area contributed by atoms with Gasteiger partial charge in [-0.05, 0) is 25.1 Å². The first-order valence-electron chi connectivity index (χ1n) is 6.20. The van der Waals surface area contributed by atoms with Crippen LogP contribution in [0.4, 0.5) is 4.39 Å². The second kappa shape index (κ2) is 6.66. The highest BCUT2D eigenvalue weighted by molar-refractivity contribution is 7.91. The van der Waals surface area contributed by atoms with E-state index in [1.807, 2.05) is 0 Å². The zero-order valence-electron chi connectivity index (χ0n) is 11.6. The minimum Gasteiger partial charge on any atom is -0.478 e. The number of aromatic carboxylic acids is 1. The van der Waals surface area contributed by atoms with Crippen molar-refractivity contribution in [3.63, 3.8) is 0 Å². The molecule has 1 atom stereocenters. The molecule has 116 valence electrons. The highest BCUT2D eigenvalue weighted by Gasteiger charge is 2.19. The minimum atomic E-state index is -3.26. The first-order valence-corrected chi connectivity index (χ1v) is 8.02. The number of hydrogen-bond donors (Lipinski definition) is 2. The lowest BCUT2D eigenvalue weighted by atomic mass is 10.1. The second-order valence-electron chi connectivity index (χ2n) is 4.57. The monoisotopic (exact) mass is 317 g/mol. The molecule has 1 unspecified atom stereocenters. The molecule has 2 N–H and O–H groups in total. The van der Waals surface area contributed by atoms with Crippen LogP contribution in [0, 0.1) is 5.82 Å². The number of amides is 1. The Morgan fingerprint density at radius 3 is 2.48 bits per heavy atom. The molecule has 0 aliphatic heterocycles. The summed E-state index contributed by atoms with van der Waals surface area (Å²) in [6.45, 7) is 2.99. The molecule has 1 amide bonds. The molecular formula is C13H16FNO5S. The van der Waals surface area contributed by atoms with Crippen LogP contribution in [0.2, 0.25) is 0 Å². The van der Waals surface area contributed by atoms with E-state index in [0.717, 1.165) is 18.2 Å². The van der Waals surface area contributed by atoms with Gasteiger partial charge < -0.3 is 10.4 Å². The fourth-order valence-electron chi connectivity index (χ4n) is 1.67. The van der Waals surface area contributed by atoms with Gasteiger partial charge in [0, 0.05) is 11.8 Å². The van der Waals surface area contributed by atoms with Crippen LogP contribution in [-0.4, -0.2) is 42.9 Å². The second-order valence-corrected chi connectivity index (χ2v) is 6.97. The quantitative estimate of drug-likeness (QED) is 0.817. The van der Waals surface area contributed by atoms with Crippen LogP contribution in [0.15, 0.2) is 18.2 Å². The van der Waals surface area contributed by atoms with Gasteiger partial charge in [-0.1, -0.05) is 6.92 Å². The van der Waals surface area contributed by atoms with Crippen molar-refractivity contribution in [3.8, 4) is 0 Å². The highest BCUT2D eigenvalue weighted by atomic mass is 32.2. The largest absolute Gasteiger partial charge is 0.478 e. The number of sulfone groups is 1. The van der Waals surface area contributed by atoms with Gasteiger partial charge in [-0.3, -0.25) is 4.79 Å². The van der Waals surface area contributed by atoms with Crippen LogP contribution < -0.4 is 5.32 Å². The van der Waals surface area contributed by atoms with Gasteiger partial charge in [0.1, 0.15) is 5.82 Å². The maximum atomic E-state index is 13.7. The molecule has 0 heterocycles. The van der Waals surface area contributed by atoms with Crippen LogP contribution in [-0.2, 0) is 9.84 Å². The summed E-state index contributed by atoms with van der Waals surface area (Å²) in [5.41, 5.74) is -0.605. The number of carbonyl (C=O) groups is 2. The van der Waals surface area contributed by atoms with Gasteiger partial charge in [0.25, 0.3) is 5.91 Å². The van der Waals surface area contributed by atoms with E-state index in [-0.39, 0.29) is 22.6 Å². The van der Waals surface area contributed by atoms with Crippen molar-refractivity contribution in [2.45, 2.75) is 19.9 Å². The van der Waals surface area contributed by atoms with Crippen LogP contribution in [0.3, 0.4) is 0 Å². The van der Waals surface area contributed by atoms with Crippen molar-refractivity contribution >= 4 is 21.7 Å². The van der Waals surface area contributed by atoms with Gasteiger partial charge in [-0.25, -0.2) is 17.6 Å². The molecule has 0 saturated heterocycles. The molecule has 0 aliphatic rings. The number of carboxylic acids is 1. The van der Waals surface area contributed by atoms with Crippen LogP contribution in [0.5, 0.6) is 0 Å². The molecule has 6 nitrogen and oxygen atoms in total. The Morgan fingerprint density at radius 1 is 1.38 bits per heavy atom. The SMILES string of the molecule is CCS(=O)(=O)CC(C)NC(=O)c1ccc(C(=O)O)cc1F. The average Bonchev–Trinajstić information content (AvgIpc) is 2.37. The number of benzene rings is 1. The topological polar surface area (TPSA) is 101 Å². The summed E-state index contributed by atoms with van der Waals surface area (Å²) in [6, 6.07) is 2.22. The van der Waals surface area contributed by atoms with Gasteiger partial charge >= 0.3 is 5.97 Å². The zero-order chi connectivity index (χ0) is 16.2. The Hall–Kier alpha value is -1.96. The van der Waals surface area contributed by atoms with Gasteiger partial charge in [-0.15, -0.1) is 0 Å². The van der Waals surface area contributed by atoms with Gasteiger partial charge in [0.2, 0.25) is 0 Å². The average molecular weight is 317 g/mol. The number of halogens is 1. The maximum Gasteiger partial charge on any atom is 0.335 e. The Morgan fingerprint density at radius 2 is 2.00 bits per heavy atom. The summed E-state index contributed by atoms with van der Waals surface area (Å²) < 4.78 is 36.5. The third-order valence-electron chi connectivity index (χ3n) is 2.78. The lowest BCUT2D eigenvalue weighted by molar-refractivity contribution is 0.0695. The first kappa shape index (κ1) is 17.1. The summed E-state index contributed by atoms with van der Waals surface area (Å²) in [5, 5.41) is 11.1. The highest BCUT2D eigenvalue weighted by Crippen LogP contribution is 2.11. The molecule has 0 fully saturated rings. The molecule has 0 saturated carbocycles. The predicted octanol–water partition coefficient (Wildman–Crippen LogP) is 1.08. The van der Waals surface area contributed by atoms with E-state index >= 15 is 0 Å². The Labute approximate surface area is 121 Å². The zero-order valence-corrected chi connectivity index (χ0v) is 12.4. The van der Waals surface area contributed by atoms with Crippen molar-refractivity contribution < 1.29 is 27.5 Å². The molecule has 21 heavy (non-hydrogen) atoms. The molecule has 0 radical (unpaired) electrons. The molecule has 1 rings (SSSR count). The smallest absolute Gasteiger partial charge is 0.335 e. The summed E-state index contributed by atoms with van der Waals surface area (Å²) in [4.78, 5) is 22.5. The lowest BCUT2D eigenvalue weighted by Crippen LogP contribution is -2.38. The van der Waals surface area contributed by atoms with Crippen molar-refractivity contribution in [1.29, 1.82) is 0 Å². The predicted molar refractivity (Wildman–Crippen MR) is 74.6 cm³/mol. The third kappa shape index (κ3) is 4.82. The van der Waals surface area contributed by atoms with Crippen molar-refractivity contribution in [2.24, 2.45) is 0 Å². The van der Waals surface area contributed by atoms with Gasteiger partial charge in [0.15, 0.2) is 9.84 Å². The molecule has 0 aliphatic carbocycles. The van der Waals surface area contributed by atoms with E-state index in [1.165, 1.54) is 13.8 Å². The van der Waals surface area contributed by atoms with Crippen molar-refractivity contribution in [1.82, 2.24) is 5.32 Å². The number of carbonyl (C=O) groups excluding carboxylic acids is 1. The Kier molecular flexibility index (Phi) is 5.42. The molecule has 0 spiro atoms. The molecule has 0 aromatic heterocycles. The standard InChI is InChI=1S/C13H16FNO5S/c1-3-21(19,20)7-8(2)15-12(16)10-5-4-9(13(17)18)6-11(10)14/h4-6,8H,3,7H2,1-2H3,(H,15,16)(H,17,18). The number of carboxylic acid groups (broad SMARTS) is 1. The third-order valence-corrected chi connectivity index (χ3v) is 4.67. The molecule has 8 heteroatoms. The van der Waals surface area contributed by atoms with Crippen molar-refractivity contribution in [3.05, 3.63) is 35.1 Å². The first-order chi connectivity index (χ1) is 9.66. The summed E-state index contributed by atoms with van der Waals surface area (Å²) >= 11 is 0. The Bertz CT molecular complexity index is 657. The molecule has 0 bridgehead atoms. The van der Waals surface area contributed by atoms with Crippen LogP contribution in [0.25, 0.3) is 0 Å². The molecule has 1 aromatic rings. The minimum absolute atomic E-state index is 0.0467. The van der Waals surface area contributed by atoms with E-state index in [4.69, 9.17) is 5.11 Å². The normalized spacial score (nSPS) is 12.7. The van der Waals surface area contributed by atoms with Crippen LogP contribution in [0.1, 0.15) is 34.6 Å². The van der Waals surface area contributed by atoms with Gasteiger partial charge in [-0.2, -0.15) is 0 Å². The van der Waals surface area contributed by atoms with E-state index in [9.17, 15) is 22.4 Å². The lowest BCUT2D eigenvalue weighted by Gasteiger charge is -2.14. The molecule has 1 aromatic carbocycles. The fourth-order valence-corrected chi connectivity index (χ4v) is 2.76. The molecular weight excluding hydrogens is 301 g/mol. The van der Waals surface area contributed by atoms with Crippen molar-refractivity contribution in [2.75, 3.05) is 11.5 Å². The number of rotatable bonds is 6. The summed E-state index contributed by atoms with van der Waals surface area (Å²) in [5.74, 6) is -3.36. The van der Waals surface area contributed by atoms with E-state index in [1.54, 1.807) is 0 Å². The Balaban J connectivity index is 2.83. The number of nitrogens with one attached hydrogen (secondary N) is 1. The number of hydrogen-bond acceptors (Lipinski definition) is 4. The fraction of sp³-hybridized carbons (Fsp3) is 0.385. The van der Waals surface area contributed by atoms with Crippen LogP contribution >= 0.6 is 0 Å². The van der Waals surface area contributed by atoms with E-state index in [0.29, 0.717) is 0 Å². The maximum absolute atomic E-state index is 13.7. The van der Waals surface area contributed by atoms with Gasteiger partial charge in [0.05, 0.1) is 16.9 Å². The van der Waals surface area contributed by atoms with E-state index < -0.39 is 33.6 Å².